The third kappa shape index (κ3) is 4.46. The minimum Gasteiger partial charge on any atom is -0.324 e. The van der Waals surface area contributed by atoms with Gasteiger partial charge in [-0.3, -0.25) is 4.79 Å². The first-order chi connectivity index (χ1) is 13.2. The smallest absolute Gasteiger partial charge is 0.324 e. The summed E-state index contributed by atoms with van der Waals surface area (Å²) in [5.41, 5.74) is 0.955. The summed E-state index contributed by atoms with van der Waals surface area (Å²) in [5, 5.41) is 5.31. The Morgan fingerprint density at radius 3 is 2.25 bits per heavy atom. The van der Waals surface area contributed by atoms with Gasteiger partial charge in [-0.05, 0) is 43.7 Å². The van der Waals surface area contributed by atoms with Gasteiger partial charge in [-0.1, -0.05) is 30.3 Å². The monoisotopic (exact) mass is 386 g/mol. The van der Waals surface area contributed by atoms with E-state index in [1.807, 2.05) is 19.1 Å². The second kappa shape index (κ2) is 7.67. The van der Waals surface area contributed by atoms with Gasteiger partial charge in [0.15, 0.2) is 0 Å². The molecule has 0 aliphatic rings. The molecule has 0 aliphatic heterocycles. The van der Waals surface area contributed by atoms with E-state index in [9.17, 15) is 18.0 Å². The fourth-order valence-electron chi connectivity index (χ4n) is 2.60. The normalized spacial score (nSPS) is 11.2. The summed E-state index contributed by atoms with van der Waals surface area (Å²) < 4.78 is 39.5. The maximum Gasteiger partial charge on any atom is 0.418 e. The number of nitrogens with one attached hydrogen (secondary N) is 2. The highest BCUT2D eigenvalue weighted by atomic mass is 19.4. The Hall–Kier alpha value is -3.42. The maximum absolute atomic E-state index is 13.2. The number of carbonyl (C=O) groups excluding carboxylic acids is 1. The number of hydrogen-bond acceptors (Lipinski definition) is 4. The van der Waals surface area contributed by atoms with Crippen molar-refractivity contribution in [3.05, 3.63) is 77.1 Å². The van der Waals surface area contributed by atoms with Gasteiger partial charge >= 0.3 is 6.18 Å². The van der Waals surface area contributed by atoms with E-state index in [2.05, 4.69) is 20.6 Å². The van der Waals surface area contributed by atoms with Gasteiger partial charge in [0.25, 0.3) is 5.91 Å². The molecule has 0 unspecified atom stereocenters. The Balaban J connectivity index is 1.89. The largest absolute Gasteiger partial charge is 0.418 e. The van der Waals surface area contributed by atoms with Gasteiger partial charge < -0.3 is 10.6 Å². The molecule has 3 aromatic rings. The van der Waals surface area contributed by atoms with Crippen LogP contribution < -0.4 is 10.6 Å². The number of anilines is 3. The zero-order chi connectivity index (χ0) is 20.3. The number of carbonyl (C=O) groups is 1. The van der Waals surface area contributed by atoms with Crippen LogP contribution in [0.4, 0.5) is 30.5 Å². The Morgan fingerprint density at radius 2 is 1.57 bits per heavy atom. The molecule has 144 valence electrons. The molecule has 1 aromatic heterocycles. The van der Waals surface area contributed by atoms with Gasteiger partial charge in [0, 0.05) is 11.4 Å². The van der Waals surface area contributed by atoms with E-state index in [-0.39, 0.29) is 17.3 Å². The number of hydrogen-bond donors (Lipinski definition) is 2. The fraction of sp³-hybridized carbons (Fsp3) is 0.150. The van der Waals surface area contributed by atoms with Gasteiger partial charge in [-0.25, -0.2) is 9.97 Å². The fourth-order valence-corrected chi connectivity index (χ4v) is 2.60. The molecule has 0 fully saturated rings. The van der Waals surface area contributed by atoms with E-state index in [1.165, 1.54) is 24.3 Å². The van der Waals surface area contributed by atoms with Crippen molar-refractivity contribution in [3.8, 4) is 0 Å². The van der Waals surface area contributed by atoms with Crippen LogP contribution in [0.15, 0.2) is 54.6 Å². The summed E-state index contributed by atoms with van der Waals surface area (Å²) in [4.78, 5) is 20.7. The zero-order valence-electron chi connectivity index (χ0n) is 15.1. The quantitative estimate of drug-likeness (QED) is 0.654. The molecule has 2 aromatic carbocycles. The number of rotatable bonds is 4. The van der Waals surface area contributed by atoms with Gasteiger partial charge in [-0.15, -0.1) is 0 Å². The summed E-state index contributed by atoms with van der Waals surface area (Å²) in [6.45, 7) is 3.48. The molecule has 0 saturated carbocycles. The van der Waals surface area contributed by atoms with Crippen molar-refractivity contribution in [2.24, 2.45) is 0 Å². The van der Waals surface area contributed by atoms with E-state index in [0.29, 0.717) is 11.4 Å². The number of halogens is 3. The van der Waals surface area contributed by atoms with Crippen LogP contribution in [0, 0.1) is 13.8 Å². The van der Waals surface area contributed by atoms with Crippen LogP contribution in [0.25, 0.3) is 0 Å². The first-order valence-corrected chi connectivity index (χ1v) is 8.40. The minimum atomic E-state index is -4.53. The second-order valence-corrected chi connectivity index (χ2v) is 6.16. The summed E-state index contributed by atoms with van der Waals surface area (Å²) in [7, 11) is 0. The van der Waals surface area contributed by atoms with Crippen LogP contribution in [0.5, 0.6) is 0 Å². The molecule has 0 aliphatic carbocycles. The van der Waals surface area contributed by atoms with E-state index in [4.69, 9.17) is 0 Å². The van der Waals surface area contributed by atoms with E-state index >= 15 is 0 Å². The highest BCUT2D eigenvalue weighted by Gasteiger charge is 2.33. The molecule has 1 heterocycles. The summed E-state index contributed by atoms with van der Waals surface area (Å²) in [5.74, 6) is -0.571. The summed E-state index contributed by atoms with van der Waals surface area (Å²) >= 11 is 0. The third-order valence-electron chi connectivity index (χ3n) is 3.96. The molecule has 3 rings (SSSR count). The van der Waals surface area contributed by atoms with Crippen LogP contribution in [0.2, 0.25) is 0 Å². The van der Waals surface area contributed by atoms with E-state index < -0.39 is 17.6 Å². The number of alkyl halides is 3. The van der Waals surface area contributed by atoms with Gasteiger partial charge in [0.1, 0.15) is 5.69 Å². The molecule has 0 radical (unpaired) electrons. The predicted molar refractivity (Wildman–Crippen MR) is 101 cm³/mol. The van der Waals surface area contributed by atoms with Crippen LogP contribution in [-0.2, 0) is 6.18 Å². The third-order valence-corrected chi connectivity index (χ3v) is 3.96. The van der Waals surface area contributed by atoms with Crippen molar-refractivity contribution in [1.29, 1.82) is 0 Å². The molecule has 2 N–H and O–H groups in total. The van der Waals surface area contributed by atoms with Crippen molar-refractivity contribution in [1.82, 2.24) is 9.97 Å². The van der Waals surface area contributed by atoms with Crippen LogP contribution in [0.3, 0.4) is 0 Å². The Kier molecular flexibility index (Phi) is 5.30. The van der Waals surface area contributed by atoms with Crippen molar-refractivity contribution >= 4 is 23.2 Å². The van der Waals surface area contributed by atoms with Crippen molar-refractivity contribution in [3.63, 3.8) is 0 Å². The van der Waals surface area contributed by atoms with E-state index in [0.717, 1.165) is 11.6 Å². The lowest BCUT2D eigenvalue weighted by atomic mass is 10.1. The average molecular weight is 386 g/mol. The summed E-state index contributed by atoms with van der Waals surface area (Å²) in [6.07, 6.45) is -4.53. The van der Waals surface area contributed by atoms with Gasteiger partial charge in [0.2, 0.25) is 5.95 Å². The van der Waals surface area contributed by atoms with Crippen LogP contribution >= 0.6 is 0 Å². The van der Waals surface area contributed by atoms with Crippen LogP contribution in [-0.4, -0.2) is 15.9 Å². The maximum atomic E-state index is 13.2. The average Bonchev–Trinajstić information content (AvgIpc) is 2.62. The highest BCUT2D eigenvalue weighted by molar-refractivity contribution is 6.03. The number of nitrogens with zero attached hydrogens (tertiary/aromatic N) is 2. The lowest BCUT2D eigenvalue weighted by Gasteiger charge is -2.14. The first kappa shape index (κ1) is 19.3. The summed E-state index contributed by atoms with van der Waals surface area (Å²) in [6, 6.07) is 13.7. The molecule has 1 amide bonds. The van der Waals surface area contributed by atoms with E-state index in [1.54, 1.807) is 19.1 Å². The number of aromatic nitrogens is 2. The zero-order valence-corrected chi connectivity index (χ0v) is 15.1. The molecule has 0 spiro atoms. The number of benzene rings is 2. The Labute approximate surface area is 159 Å². The Bertz CT molecular complexity index is 1020. The number of aryl methyl sites for hydroxylation is 2. The van der Waals surface area contributed by atoms with Crippen molar-refractivity contribution in [2.45, 2.75) is 20.0 Å². The van der Waals surface area contributed by atoms with Gasteiger partial charge in [0.05, 0.1) is 11.3 Å². The topological polar surface area (TPSA) is 66.9 Å². The van der Waals surface area contributed by atoms with Crippen molar-refractivity contribution < 1.29 is 18.0 Å². The molecule has 28 heavy (non-hydrogen) atoms. The molecule has 0 atom stereocenters. The van der Waals surface area contributed by atoms with Crippen molar-refractivity contribution in [2.75, 3.05) is 10.6 Å². The molecular weight excluding hydrogens is 369 g/mol. The Morgan fingerprint density at radius 1 is 0.929 bits per heavy atom. The van der Waals surface area contributed by atoms with Crippen LogP contribution in [0.1, 0.15) is 27.3 Å². The minimum absolute atomic E-state index is 0.0442. The second-order valence-electron chi connectivity index (χ2n) is 6.16. The molecule has 0 saturated heterocycles. The highest BCUT2D eigenvalue weighted by Crippen LogP contribution is 2.35. The molecular formula is C20H17F3N4O. The number of amides is 1. The first-order valence-electron chi connectivity index (χ1n) is 8.40. The lowest BCUT2D eigenvalue weighted by Crippen LogP contribution is -2.16. The number of para-hydroxylation sites is 2. The standard InChI is InChI=1S/C20H17F3N4O/c1-12-7-3-5-9-15(12)25-18(28)17-11-13(2)24-19(27-17)26-16-10-6-4-8-14(16)20(21,22)23/h3-11H,1-2H3,(H,25,28)(H,24,26,27). The SMILES string of the molecule is Cc1cc(C(=O)Nc2ccccc2C)nc(Nc2ccccc2C(F)(F)F)n1. The van der Waals surface area contributed by atoms with Gasteiger partial charge in [-0.2, -0.15) is 13.2 Å². The molecule has 8 heteroatoms. The lowest BCUT2D eigenvalue weighted by molar-refractivity contribution is -0.136. The molecule has 0 bridgehead atoms. The predicted octanol–water partition coefficient (Wildman–Crippen LogP) is 5.11. The molecule has 5 nitrogen and oxygen atoms in total.